The maximum absolute atomic E-state index is 4.27. The lowest BCUT2D eigenvalue weighted by atomic mass is 10.1. The molecule has 134 valence electrons. The van der Waals surface area contributed by atoms with Crippen LogP contribution >= 0.6 is 0 Å². The van der Waals surface area contributed by atoms with Gasteiger partial charge in [0.25, 0.3) is 0 Å². The van der Waals surface area contributed by atoms with Crippen molar-refractivity contribution >= 4 is 5.71 Å². The molecule has 2 rings (SSSR count). The minimum absolute atomic E-state index is 1.01. The van der Waals surface area contributed by atoms with Crippen molar-refractivity contribution in [2.24, 2.45) is 4.99 Å². The number of hydrogen-bond acceptors (Lipinski definition) is 2. The van der Waals surface area contributed by atoms with Crippen LogP contribution < -0.4 is 0 Å². The highest BCUT2D eigenvalue weighted by Gasteiger charge is 1.95. The van der Waals surface area contributed by atoms with Gasteiger partial charge in [-0.1, -0.05) is 74.9 Å². The van der Waals surface area contributed by atoms with E-state index in [9.17, 15) is 0 Å². The molecular weight excluding hydrogens is 304 g/mol. The quantitative estimate of drug-likeness (QED) is 0.475. The standard InChI is InChI=1S/C14H17N.C7H9N.C2H6/c1-4-12(2)10-11-14(15-3)13-8-6-5-7-9-13;1-2-7-4-3-5-8-6-7;1-2/h4-11H,1-3H3;3-6H,2H2,1H3;1-2H3/b11-10-,12-4-,15-14?;;. The smallest absolute Gasteiger partial charge is 0.0643 e. The van der Waals surface area contributed by atoms with Crippen LogP contribution in [-0.2, 0) is 6.42 Å². The highest BCUT2D eigenvalue weighted by Crippen LogP contribution is 2.04. The Morgan fingerprint density at radius 3 is 2.16 bits per heavy atom. The number of pyridine rings is 1. The summed E-state index contributed by atoms with van der Waals surface area (Å²) in [6, 6.07) is 14.2. The average molecular weight is 337 g/mol. The van der Waals surface area contributed by atoms with Crippen LogP contribution in [0.3, 0.4) is 0 Å². The molecule has 0 unspecified atom stereocenters. The Bertz CT molecular complexity index is 638. The monoisotopic (exact) mass is 336 g/mol. The van der Waals surface area contributed by atoms with E-state index >= 15 is 0 Å². The van der Waals surface area contributed by atoms with Gasteiger partial charge in [-0.2, -0.15) is 0 Å². The zero-order valence-electron chi connectivity index (χ0n) is 16.5. The maximum atomic E-state index is 4.27. The molecule has 0 saturated carbocycles. The second kappa shape index (κ2) is 15.1. The molecule has 2 aromatic rings. The summed E-state index contributed by atoms with van der Waals surface area (Å²) in [5.41, 5.74) is 4.71. The Hall–Kier alpha value is -2.48. The van der Waals surface area contributed by atoms with Gasteiger partial charge in [0.05, 0.1) is 5.71 Å². The van der Waals surface area contributed by atoms with Gasteiger partial charge in [-0.25, -0.2) is 0 Å². The summed E-state index contributed by atoms with van der Waals surface area (Å²) in [5.74, 6) is 0. The Kier molecular flexibility index (Phi) is 13.6. The van der Waals surface area contributed by atoms with Crippen LogP contribution in [-0.4, -0.2) is 17.7 Å². The van der Waals surface area contributed by atoms with E-state index in [0.717, 1.165) is 17.7 Å². The van der Waals surface area contributed by atoms with Crippen LogP contribution in [0.5, 0.6) is 0 Å². The lowest BCUT2D eigenvalue weighted by Crippen LogP contribution is -1.95. The molecule has 2 heteroatoms. The van der Waals surface area contributed by atoms with Gasteiger partial charge in [-0.3, -0.25) is 9.98 Å². The first kappa shape index (κ1) is 22.5. The van der Waals surface area contributed by atoms with Crippen LogP contribution in [0.4, 0.5) is 0 Å². The third-order valence-electron chi connectivity index (χ3n) is 3.40. The molecule has 0 amide bonds. The van der Waals surface area contributed by atoms with Gasteiger partial charge in [0, 0.05) is 19.4 Å². The number of hydrogen-bond donors (Lipinski definition) is 0. The molecular formula is C23H32N2. The molecule has 1 heterocycles. The van der Waals surface area contributed by atoms with Gasteiger partial charge in [0.2, 0.25) is 0 Å². The predicted octanol–water partition coefficient (Wildman–Crippen LogP) is 6.30. The van der Waals surface area contributed by atoms with Crippen molar-refractivity contribution in [3.05, 3.63) is 89.8 Å². The molecule has 1 aromatic heterocycles. The number of aryl methyl sites for hydroxylation is 1. The molecule has 25 heavy (non-hydrogen) atoms. The lowest BCUT2D eigenvalue weighted by Gasteiger charge is -1.99. The van der Waals surface area contributed by atoms with Gasteiger partial charge in [0.15, 0.2) is 0 Å². The van der Waals surface area contributed by atoms with Crippen molar-refractivity contribution in [1.29, 1.82) is 0 Å². The fraction of sp³-hybridized carbons (Fsp3) is 0.304. The average Bonchev–Trinajstić information content (AvgIpc) is 2.71. The van der Waals surface area contributed by atoms with E-state index in [1.54, 1.807) is 6.20 Å². The highest BCUT2D eigenvalue weighted by atomic mass is 14.7. The third kappa shape index (κ3) is 10.1. The molecule has 1 aromatic carbocycles. The number of aliphatic imine (C=N–C) groups is 1. The van der Waals surface area contributed by atoms with Gasteiger partial charge in [-0.15, -0.1) is 0 Å². The Balaban J connectivity index is 0.000000483. The van der Waals surface area contributed by atoms with Crippen LogP contribution in [0.15, 0.2) is 83.7 Å². The summed E-state index contributed by atoms with van der Waals surface area (Å²) in [7, 11) is 1.82. The first-order valence-electron chi connectivity index (χ1n) is 8.93. The highest BCUT2D eigenvalue weighted by molar-refractivity contribution is 6.08. The fourth-order valence-electron chi connectivity index (χ4n) is 1.82. The van der Waals surface area contributed by atoms with Crippen molar-refractivity contribution in [2.45, 2.75) is 41.0 Å². The van der Waals surface area contributed by atoms with E-state index in [-0.39, 0.29) is 0 Å². The van der Waals surface area contributed by atoms with E-state index in [4.69, 9.17) is 0 Å². The number of allylic oxidation sites excluding steroid dienone is 4. The molecule has 0 atom stereocenters. The van der Waals surface area contributed by atoms with E-state index in [1.807, 2.05) is 64.4 Å². The molecule has 0 saturated heterocycles. The van der Waals surface area contributed by atoms with Crippen molar-refractivity contribution in [2.75, 3.05) is 7.05 Å². The van der Waals surface area contributed by atoms with Crippen molar-refractivity contribution in [3.63, 3.8) is 0 Å². The van der Waals surface area contributed by atoms with Gasteiger partial charge < -0.3 is 0 Å². The molecule has 0 radical (unpaired) electrons. The minimum Gasteiger partial charge on any atom is -0.288 e. The van der Waals surface area contributed by atoms with Crippen LogP contribution in [0.1, 0.15) is 45.7 Å². The molecule has 2 nitrogen and oxygen atoms in total. The summed E-state index contributed by atoms with van der Waals surface area (Å²) in [4.78, 5) is 8.22. The first-order chi connectivity index (χ1) is 12.2. The molecule has 0 N–H and O–H groups in total. The minimum atomic E-state index is 1.01. The summed E-state index contributed by atoms with van der Waals surface area (Å²) in [6.07, 6.45) is 11.0. The summed E-state index contributed by atoms with van der Waals surface area (Å²) >= 11 is 0. The molecule has 0 fully saturated rings. The number of benzene rings is 1. The van der Waals surface area contributed by atoms with E-state index in [2.05, 4.69) is 54.2 Å². The molecule has 0 bridgehead atoms. The maximum Gasteiger partial charge on any atom is 0.0643 e. The predicted molar refractivity (Wildman–Crippen MR) is 112 cm³/mol. The lowest BCUT2D eigenvalue weighted by molar-refractivity contribution is 1.10. The molecule has 0 aliphatic heterocycles. The fourth-order valence-corrected chi connectivity index (χ4v) is 1.82. The summed E-state index contributed by atoms with van der Waals surface area (Å²) < 4.78 is 0. The van der Waals surface area contributed by atoms with Crippen molar-refractivity contribution in [3.8, 4) is 0 Å². The second-order valence-electron chi connectivity index (χ2n) is 5.06. The Labute approximate surface area is 154 Å². The van der Waals surface area contributed by atoms with Crippen molar-refractivity contribution in [1.82, 2.24) is 4.98 Å². The zero-order valence-corrected chi connectivity index (χ0v) is 16.5. The van der Waals surface area contributed by atoms with E-state index in [0.29, 0.717) is 0 Å². The van der Waals surface area contributed by atoms with Gasteiger partial charge >= 0.3 is 0 Å². The number of nitrogens with zero attached hydrogens (tertiary/aromatic N) is 2. The van der Waals surface area contributed by atoms with Gasteiger partial charge in [-0.05, 0) is 43.5 Å². The largest absolute Gasteiger partial charge is 0.288 e. The zero-order chi connectivity index (χ0) is 18.9. The summed E-state index contributed by atoms with van der Waals surface area (Å²) in [5, 5.41) is 0. The molecule has 0 spiro atoms. The van der Waals surface area contributed by atoms with Crippen LogP contribution in [0, 0.1) is 0 Å². The topological polar surface area (TPSA) is 25.2 Å². The van der Waals surface area contributed by atoms with Crippen LogP contribution in [0.2, 0.25) is 0 Å². The van der Waals surface area contributed by atoms with Gasteiger partial charge in [0.1, 0.15) is 0 Å². The first-order valence-corrected chi connectivity index (χ1v) is 8.93. The second-order valence-corrected chi connectivity index (χ2v) is 5.06. The van der Waals surface area contributed by atoms with E-state index in [1.165, 1.54) is 11.1 Å². The Morgan fingerprint density at radius 1 is 1.04 bits per heavy atom. The number of aromatic nitrogens is 1. The molecule has 0 aliphatic carbocycles. The normalized spacial score (nSPS) is 11.3. The number of rotatable bonds is 4. The van der Waals surface area contributed by atoms with E-state index < -0.39 is 0 Å². The van der Waals surface area contributed by atoms with Crippen LogP contribution in [0.25, 0.3) is 0 Å². The Morgan fingerprint density at radius 2 is 1.72 bits per heavy atom. The molecule has 0 aliphatic rings. The van der Waals surface area contributed by atoms with Crippen molar-refractivity contribution < 1.29 is 0 Å². The SMILES string of the molecule is C/C=C(C)\C=C/C(=NC)c1ccccc1.CC.CCc1cccnc1. The third-order valence-corrected chi connectivity index (χ3v) is 3.40. The summed E-state index contributed by atoms with van der Waals surface area (Å²) in [6.45, 7) is 10.2.